The van der Waals surface area contributed by atoms with Crippen molar-refractivity contribution in [3.8, 4) is 0 Å². The zero-order valence-electron chi connectivity index (χ0n) is 14.5. The summed E-state index contributed by atoms with van der Waals surface area (Å²) in [5.74, 6) is 1.42. The van der Waals surface area contributed by atoms with Crippen molar-refractivity contribution in [2.24, 2.45) is 10.9 Å². The zero-order chi connectivity index (χ0) is 17.7. The SMILES string of the molecule is Cc1ccc(Cl)cc1CN=C(NCC1CCS(=O)(=O)C1)NC(C)C. The molecular weight excluding hydrogens is 346 g/mol. The number of nitrogens with one attached hydrogen (secondary N) is 2. The van der Waals surface area contributed by atoms with E-state index < -0.39 is 9.84 Å². The first-order valence-electron chi connectivity index (χ1n) is 8.25. The highest BCUT2D eigenvalue weighted by atomic mass is 35.5. The van der Waals surface area contributed by atoms with Gasteiger partial charge in [0.15, 0.2) is 15.8 Å². The molecule has 1 unspecified atom stereocenters. The molecule has 0 bridgehead atoms. The van der Waals surface area contributed by atoms with Crippen LogP contribution in [0.15, 0.2) is 23.2 Å². The van der Waals surface area contributed by atoms with Crippen molar-refractivity contribution in [2.45, 2.75) is 39.8 Å². The Morgan fingerprint density at radius 3 is 2.79 bits per heavy atom. The summed E-state index contributed by atoms with van der Waals surface area (Å²) in [6, 6.07) is 6.02. The Morgan fingerprint density at radius 1 is 1.42 bits per heavy atom. The van der Waals surface area contributed by atoms with Crippen LogP contribution in [0.2, 0.25) is 5.02 Å². The van der Waals surface area contributed by atoms with Gasteiger partial charge in [-0.05, 0) is 56.4 Å². The normalized spacial score (nSPS) is 20.4. The lowest BCUT2D eigenvalue weighted by Crippen LogP contribution is -2.43. The van der Waals surface area contributed by atoms with Crippen LogP contribution in [0.25, 0.3) is 0 Å². The van der Waals surface area contributed by atoms with E-state index in [1.165, 1.54) is 0 Å². The summed E-state index contributed by atoms with van der Waals surface area (Å²) in [5.41, 5.74) is 2.23. The lowest BCUT2D eigenvalue weighted by molar-refractivity contribution is 0.562. The summed E-state index contributed by atoms with van der Waals surface area (Å²) < 4.78 is 23.1. The molecule has 0 saturated carbocycles. The minimum atomic E-state index is -2.85. The minimum Gasteiger partial charge on any atom is -0.356 e. The van der Waals surface area contributed by atoms with Gasteiger partial charge in [-0.15, -0.1) is 0 Å². The van der Waals surface area contributed by atoms with Crippen molar-refractivity contribution in [3.05, 3.63) is 34.3 Å². The standard InChI is InChI=1S/C17H26ClN3O2S/c1-12(2)21-17(19-9-14-6-7-24(22,23)11-14)20-10-15-8-16(18)5-4-13(15)3/h4-5,8,12,14H,6-7,9-11H2,1-3H3,(H2,19,20,21). The van der Waals surface area contributed by atoms with Crippen LogP contribution in [-0.4, -0.2) is 38.5 Å². The van der Waals surface area contributed by atoms with E-state index in [0.29, 0.717) is 29.8 Å². The van der Waals surface area contributed by atoms with E-state index in [-0.39, 0.29) is 17.7 Å². The summed E-state index contributed by atoms with van der Waals surface area (Å²) in [7, 11) is -2.85. The number of aryl methyl sites for hydroxylation is 1. The third-order valence-corrected chi connectivity index (χ3v) is 6.10. The molecule has 0 amide bonds. The van der Waals surface area contributed by atoms with Crippen LogP contribution in [-0.2, 0) is 16.4 Å². The van der Waals surface area contributed by atoms with Crippen molar-refractivity contribution < 1.29 is 8.42 Å². The van der Waals surface area contributed by atoms with Crippen molar-refractivity contribution in [3.63, 3.8) is 0 Å². The number of rotatable bonds is 5. The Labute approximate surface area is 149 Å². The number of guanidine groups is 1. The number of benzene rings is 1. The van der Waals surface area contributed by atoms with Gasteiger partial charge in [-0.3, -0.25) is 0 Å². The van der Waals surface area contributed by atoms with Crippen LogP contribution in [0, 0.1) is 12.8 Å². The van der Waals surface area contributed by atoms with Crippen LogP contribution in [0.1, 0.15) is 31.4 Å². The van der Waals surface area contributed by atoms with Crippen LogP contribution in [0.4, 0.5) is 0 Å². The molecule has 1 aliphatic rings. The summed E-state index contributed by atoms with van der Waals surface area (Å²) in [6.07, 6.45) is 0.720. The summed E-state index contributed by atoms with van der Waals surface area (Å²) in [4.78, 5) is 4.62. The molecule has 7 heteroatoms. The fraction of sp³-hybridized carbons (Fsp3) is 0.588. The molecule has 0 aromatic heterocycles. The first kappa shape index (κ1) is 19.1. The number of hydrogen-bond donors (Lipinski definition) is 2. The first-order chi connectivity index (χ1) is 11.2. The van der Waals surface area contributed by atoms with E-state index in [0.717, 1.165) is 17.5 Å². The fourth-order valence-corrected chi connectivity index (χ4v) is 4.73. The van der Waals surface area contributed by atoms with Gasteiger partial charge in [0.05, 0.1) is 18.1 Å². The van der Waals surface area contributed by atoms with Gasteiger partial charge in [0.1, 0.15) is 0 Å². The third kappa shape index (κ3) is 5.98. The number of halogens is 1. The van der Waals surface area contributed by atoms with Gasteiger partial charge in [-0.2, -0.15) is 0 Å². The largest absolute Gasteiger partial charge is 0.356 e. The highest BCUT2D eigenvalue weighted by Crippen LogP contribution is 2.18. The highest BCUT2D eigenvalue weighted by molar-refractivity contribution is 7.91. The maximum Gasteiger partial charge on any atom is 0.191 e. The minimum absolute atomic E-state index is 0.155. The second-order valence-electron chi connectivity index (χ2n) is 6.68. The number of nitrogens with zero attached hydrogens (tertiary/aromatic N) is 1. The van der Waals surface area contributed by atoms with Gasteiger partial charge >= 0.3 is 0 Å². The Bertz CT molecular complexity index is 702. The predicted molar refractivity (Wildman–Crippen MR) is 100 cm³/mol. The molecule has 0 aliphatic carbocycles. The molecular formula is C17H26ClN3O2S. The third-order valence-electron chi connectivity index (χ3n) is 4.03. The summed E-state index contributed by atoms with van der Waals surface area (Å²) >= 11 is 6.05. The smallest absolute Gasteiger partial charge is 0.191 e. The molecule has 1 fully saturated rings. The molecule has 1 saturated heterocycles. The topological polar surface area (TPSA) is 70.6 Å². The zero-order valence-corrected chi connectivity index (χ0v) is 16.0. The van der Waals surface area contributed by atoms with Crippen LogP contribution in [0.5, 0.6) is 0 Å². The fourth-order valence-electron chi connectivity index (χ4n) is 2.67. The van der Waals surface area contributed by atoms with Crippen LogP contribution in [0.3, 0.4) is 0 Å². The monoisotopic (exact) mass is 371 g/mol. The molecule has 0 spiro atoms. The van der Waals surface area contributed by atoms with Gasteiger partial charge in [0.2, 0.25) is 0 Å². The van der Waals surface area contributed by atoms with E-state index >= 15 is 0 Å². The quantitative estimate of drug-likeness (QED) is 0.616. The molecule has 2 rings (SSSR count). The Morgan fingerprint density at radius 2 is 2.17 bits per heavy atom. The Balaban J connectivity index is 2.00. The Hall–Kier alpha value is -1.27. The molecule has 1 aromatic carbocycles. The summed E-state index contributed by atoms with van der Waals surface area (Å²) in [6.45, 7) is 7.26. The highest BCUT2D eigenvalue weighted by Gasteiger charge is 2.27. The molecule has 5 nitrogen and oxygen atoms in total. The van der Waals surface area contributed by atoms with E-state index in [4.69, 9.17) is 11.6 Å². The van der Waals surface area contributed by atoms with E-state index in [2.05, 4.69) is 15.6 Å². The van der Waals surface area contributed by atoms with Crippen molar-refractivity contribution in [2.75, 3.05) is 18.1 Å². The van der Waals surface area contributed by atoms with Crippen molar-refractivity contribution in [1.29, 1.82) is 0 Å². The lowest BCUT2D eigenvalue weighted by Gasteiger charge is -2.17. The molecule has 1 aliphatic heterocycles. The maximum absolute atomic E-state index is 11.6. The molecule has 1 atom stereocenters. The van der Waals surface area contributed by atoms with Gasteiger partial charge in [0, 0.05) is 17.6 Å². The second-order valence-corrected chi connectivity index (χ2v) is 9.35. The molecule has 24 heavy (non-hydrogen) atoms. The molecule has 1 heterocycles. The molecule has 0 radical (unpaired) electrons. The van der Waals surface area contributed by atoms with Gasteiger partial charge in [0.25, 0.3) is 0 Å². The van der Waals surface area contributed by atoms with E-state index in [1.807, 2.05) is 39.0 Å². The second kappa shape index (κ2) is 8.21. The van der Waals surface area contributed by atoms with Gasteiger partial charge < -0.3 is 10.6 Å². The predicted octanol–water partition coefficient (Wildman–Crippen LogP) is 2.53. The van der Waals surface area contributed by atoms with E-state index in [9.17, 15) is 8.42 Å². The number of sulfone groups is 1. The molecule has 2 N–H and O–H groups in total. The van der Waals surface area contributed by atoms with Crippen LogP contribution >= 0.6 is 11.6 Å². The average Bonchev–Trinajstić information content (AvgIpc) is 2.84. The maximum atomic E-state index is 11.6. The summed E-state index contributed by atoms with van der Waals surface area (Å²) in [5, 5.41) is 7.26. The lowest BCUT2D eigenvalue weighted by atomic mass is 10.1. The van der Waals surface area contributed by atoms with Crippen LogP contribution < -0.4 is 10.6 Å². The Kier molecular flexibility index (Phi) is 6.52. The van der Waals surface area contributed by atoms with Crippen molar-refractivity contribution >= 4 is 27.4 Å². The van der Waals surface area contributed by atoms with Gasteiger partial charge in [-0.1, -0.05) is 17.7 Å². The number of aliphatic imine (C=N–C) groups is 1. The molecule has 1 aromatic rings. The van der Waals surface area contributed by atoms with Crippen molar-refractivity contribution in [1.82, 2.24) is 10.6 Å². The average molecular weight is 372 g/mol. The first-order valence-corrected chi connectivity index (χ1v) is 10.5. The van der Waals surface area contributed by atoms with E-state index in [1.54, 1.807) is 0 Å². The number of hydrogen-bond acceptors (Lipinski definition) is 3. The molecule has 134 valence electrons. The van der Waals surface area contributed by atoms with Gasteiger partial charge in [-0.25, -0.2) is 13.4 Å².